The van der Waals surface area contributed by atoms with E-state index in [0.29, 0.717) is 0 Å². The van der Waals surface area contributed by atoms with Crippen molar-refractivity contribution in [3.8, 4) is 0 Å². The van der Waals surface area contributed by atoms with Crippen molar-refractivity contribution in [2.45, 2.75) is 129 Å². The minimum Gasteiger partial charge on any atom is -0.345 e. The molecule has 1 aliphatic heterocycles. The summed E-state index contributed by atoms with van der Waals surface area (Å²) in [5.41, 5.74) is 0. The third-order valence-electron chi connectivity index (χ3n) is 6.63. The summed E-state index contributed by atoms with van der Waals surface area (Å²) in [6.45, 7) is 13.5. The van der Waals surface area contributed by atoms with Crippen molar-refractivity contribution in [2.75, 3.05) is 6.54 Å². The molecule has 1 nitrogen and oxygen atoms in total. The van der Waals surface area contributed by atoms with Crippen LogP contribution in [-0.4, -0.2) is 27.2 Å². The molecule has 1 fully saturated rings. The van der Waals surface area contributed by atoms with Gasteiger partial charge in [0.1, 0.15) is 16.5 Å². The standard InChI is InChI=1S/C21H47NSi2/c1-6-11-16-23(17-12-7-2)20-21-24(18-13-8-3,19-14-9-4)22(23)15-10-5/h6-21H2,1-5H3. The van der Waals surface area contributed by atoms with Crippen molar-refractivity contribution in [3.05, 3.63) is 0 Å². The number of hydrogen-bond donors (Lipinski definition) is 0. The topological polar surface area (TPSA) is 3.24 Å². The van der Waals surface area contributed by atoms with Gasteiger partial charge in [-0.2, -0.15) is 0 Å². The molecule has 1 saturated heterocycles. The SMILES string of the molecule is CCCC[Si]1(CCCC)CC[Si](CCCC)(CCCC)N1CCC. The molecular weight excluding hydrogens is 322 g/mol. The van der Waals surface area contributed by atoms with E-state index >= 15 is 0 Å². The number of unbranched alkanes of at least 4 members (excludes halogenated alkanes) is 4. The zero-order valence-electron chi connectivity index (χ0n) is 17.8. The summed E-state index contributed by atoms with van der Waals surface area (Å²) in [4.78, 5) is 0. The fourth-order valence-electron chi connectivity index (χ4n) is 5.25. The molecule has 1 aliphatic rings. The average molecular weight is 370 g/mol. The second kappa shape index (κ2) is 11.9. The Kier molecular flexibility index (Phi) is 11.1. The van der Waals surface area contributed by atoms with E-state index in [1.54, 1.807) is 36.3 Å². The van der Waals surface area contributed by atoms with Gasteiger partial charge in [0.25, 0.3) is 0 Å². The summed E-state index contributed by atoms with van der Waals surface area (Å²) >= 11 is 0. The molecule has 0 N–H and O–H groups in total. The van der Waals surface area contributed by atoms with E-state index in [1.165, 1.54) is 64.3 Å². The highest BCUT2D eigenvalue weighted by Gasteiger charge is 2.54. The summed E-state index contributed by atoms with van der Waals surface area (Å²) in [6, 6.07) is 9.83. The Balaban J connectivity index is 3.08. The van der Waals surface area contributed by atoms with Crippen molar-refractivity contribution in [3.63, 3.8) is 0 Å². The van der Waals surface area contributed by atoms with E-state index in [9.17, 15) is 0 Å². The van der Waals surface area contributed by atoms with Gasteiger partial charge in [-0.15, -0.1) is 0 Å². The van der Waals surface area contributed by atoms with E-state index in [2.05, 4.69) is 38.8 Å². The van der Waals surface area contributed by atoms with E-state index in [4.69, 9.17) is 0 Å². The lowest BCUT2D eigenvalue weighted by Gasteiger charge is -2.47. The van der Waals surface area contributed by atoms with Crippen LogP contribution in [0.1, 0.15) is 92.4 Å². The van der Waals surface area contributed by atoms with Crippen LogP contribution in [-0.2, 0) is 0 Å². The largest absolute Gasteiger partial charge is 0.345 e. The number of hydrogen-bond acceptors (Lipinski definition) is 1. The first-order valence-electron chi connectivity index (χ1n) is 11.4. The summed E-state index contributed by atoms with van der Waals surface area (Å²) in [6.07, 6.45) is 13.0. The van der Waals surface area contributed by atoms with E-state index in [0.717, 1.165) is 0 Å². The van der Waals surface area contributed by atoms with E-state index < -0.39 is 16.5 Å². The van der Waals surface area contributed by atoms with Crippen molar-refractivity contribution >= 4 is 16.5 Å². The smallest absolute Gasteiger partial charge is 0.121 e. The van der Waals surface area contributed by atoms with Crippen molar-refractivity contribution in [2.24, 2.45) is 0 Å². The van der Waals surface area contributed by atoms with Gasteiger partial charge >= 0.3 is 0 Å². The highest BCUT2D eigenvalue weighted by Crippen LogP contribution is 2.48. The van der Waals surface area contributed by atoms with Crippen LogP contribution in [0.4, 0.5) is 0 Å². The molecule has 0 atom stereocenters. The van der Waals surface area contributed by atoms with Crippen LogP contribution < -0.4 is 0 Å². The van der Waals surface area contributed by atoms with Gasteiger partial charge in [-0.05, 0) is 49.2 Å². The lowest BCUT2D eigenvalue weighted by molar-refractivity contribution is 0.568. The predicted molar refractivity (Wildman–Crippen MR) is 117 cm³/mol. The molecule has 0 amide bonds. The highest BCUT2D eigenvalue weighted by atomic mass is 28.4. The van der Waals surface area contributed by atoms with Gasteiger partial charge in [-0.3, -0.25) is 0 Å². The maximum Gasteiger partial charge on any atom is 0.121 e. The van der Waals surface area contributed by atoms with Gasteiger partial charge in [0.05, 0.1) is 0 Å². The zero-order chi connectivity index (χ0) is 17.9. The molecule has 0 aromatic rings. The molecule has 1 rings (SSSR count). The van der Waals surface area contributed by atoms with Crippen molar-refractivity contribution in [1.29, 1.82) is 0 Å². The van der Waals surface area contributed by atoms with Gasteiger partial charge in [0.15, 0.2) is 0 Å². The fraction of sp³-hybridized carbons (Fsp3) is 1.00. The number of nitrogens with zero attached hydrogens (tertiary/aromatic N) is 1. The molecule has 0 aromatic carbocycles. The maximum absolute atomic E-state index is 3.37. The Morgan fingerprint density at radius 3 is 1.12 bits per heavy atom. The monoisotopic (exact) mass is 369 g/mol. The van der Waals surface area contributed by atoms with Gasteiger partial charge in [-0.1, -0.05) is 86.0 Å². The van der Waals surface area contributed by atoms with E-state index in [1.807, 2.05) is 0 Å². The maximum atomic E-state index is 3.37. The highest BCUT2D eigenvalue weighted by molar-refractivity contribution is 6.97. The second-order valence-electron chi connectivity index (χ2n) is 8.51. The fourth-order valence-corrected chi connectivity index (χ4v) is 23.6. The van der Waals surface area contributed by atoms with Crippen molar-refractivity contribution < 1.29 is 0 Å². The van der Waals surface area contributed by atoms with Gasteiger partial charge in [0.2, 0.25) is 0 Å². The first kappa shape index (κ1) is 22.4. The Bertz CT molecular complexity index is 275. The number of rotatable bonds is 14. The molecule has 0 spiro atoms. The molecule has 0 aliphatic carbocycles. The second-order valence-corrected chi connectivity index (χ2v) is 17.9. The molecule has 1 heterocycles. The van der Waals surface area contributed by atoms with Crippen LogP contribution in [0.15, 0.2) is 0 Å². The van der Waals surface area contributed by atoms with Crippen LogP contribution in [0.5, 0.6) is 0 Å². The van der Waals surface area contributed by atoms with Crippen LogP contribution in [0.25, 0.3) is 0 Å². The van der Waals surface area contributed by atoms with Gasteiger partial charge < -0.3 is 4.23 Å². The Morgan fingerprint density at radius 1 is 0.542 bits per heavy atom. The normalized spacial score (nSPS) is 19.9. The molecule has 3 heteroatoms. The minimum atomic E-state index is -1.17. The van der Waals surface area contributed by atoms with Gasteiger partial charge in [0, 0.05) is 0 Å². The van der Waals surface area contributed by atoms with Crippen LogP contribution >= 0.6 is 0 Å². The lowest BCUT2D eigenvalue weighted by atomic mass is 10.4. The van der Waals surface area contributed by atoms with Crippen LogP contribution in [0.2, 0.25) is 36.3 Å². The van der Waals surface area contributed by atoms with E-state index in [-0.39, 0.29) is 0 Å². The third-order valence-corrected chi connectivity index (χ3v) is 20.2. The summed E-state index contributed by atoms with van der Waals surface area (Å²) in [7, 11) is -2.33. The molecule has 0 bridgehead atoms. The Labute approximate surface area is 156 Å². The molecule has 24 heavy (non-hydrogen) atoms. The molecule has 144 valence electrons. The molecule has 0 radical (unpaired) electrons. The first-order valence-corrected chi connectivity index (χ1v) is 16.6. The van der Waals surface area contributed by atoms with Crippen molar-refractivity contribution in [1.82, 2.24) is 4.23 Å². The minimum absolute atomic E-state index is 1.17. The van der Waals surface area contributed by atoms with Gasteiger partial charge in [-0.25, -0.2) is 0 Å². The summed E-state index contributed by atoms with van der Waals surface area (Å²) < 4.78 is 3.37. The first-order chi connectivity index (χ1) is 11.6. The summed E-state index contributed by atoms with van der Waals surface area (Å²) in [5.74, 6) is 0. The molecule has 0 aromatic heterocycles. The zero-order valence-corrected chi connectivity index (χ0v) is 19.8. The Morgan fingerprint density at radius 2 is 0.875 bits per heavy atom. The lowest BCUT2D eigenvalue weighted by Crippen LogP contribution is -2.60. The molecule has 0 saturated carbocycles. The molecule has 0 unspecified atom stereocenters. The Hall–Kier alpha value is 0.394. The summed E-state index contributed by atoms with van der Waals surface area (Å²) in [5, 5.41) is 0. The average Bonchev–Trinajstić information content (AvgIpc) is 2.90. The predicted octanol–water partition coefficient (Wildman–Crippen LogP) is 7.80. The van der Waals surface area contributed by atoms with Crippen LogP contribution in [0.3, 0.4) is 0 Å². The molecular formula is C21H47NSi2. The van der Waals surface area contributed by atoms with Crippen LogP contribution in [0, 0.1) is 0 Å². The quantitative estimate of drug-likeness (QED) is 0.282. The third kappa shape index (κ3) is 5.70.